The van der Waals surface area contributed by atoms with Crippen LogP contribution in [-0.4, -0.2) is 17.0 Å². The summed E-state index contributed by atoms with van der Waals surface area (Å²) in [5.41, 5.74) is 0. The second-order valence-electron chi connectivity index (χ2n) is 4.78. The lowest BCUT2D eigenvalue weighted by Gasteiger charge is -2.15. The molecule has 0 radical (unpaired) electrons. The van der Waals surface area contributed by atoms with E-state index >= 15 is 0 Å². The number of thioether (sulfide) groups is 1. The summed E-state index contributed by atoms with van der Waals surface area (Å²) in [5.74, 6) is 1.57. The monoisotopic (exact) mass is 314 g/mol. The molecule has 1 aromatic rings. The van der Waals surface area contributed by atoms with Gasteiger partial charge in [0.1, 0.15) is 0 Å². The maximum absolute atomic E-state index is 10.0. The van der Waals surface area contributed by atoms with E-state index in [1.807, 2.05) is 18.2 Å². The molecule has 0 heterocycles. The quantitative estimate of drug-likeness (QED) is 0.808. The first kappa shape index (κ1) is 13.4. The van der Waals surface area contributed by atoms with Crippen LogP contribution in [0, 0.1) is 5.92 Å². The molecule has 1 fully saturated rings. The van der Waals surface area contributed by atoms with Crippen molar-refractivity contribution in [1.29, 1.82) is 0 Å². The van der Waals surface area contributed by atoms with Crippen molar-refractivity contribution in [3.05, 3.63) is 28.7 Å². The normalized spacial score (nSPS) is 18.5. The van der Waals surface area contributed by atoms with Gasteiger partial charge in [0.05, 0.1) is 6.10 Å². The molecule has 94 valence electrons. The van der Waals surface area contributed by atoms with Gasteiger partial charge in [0.2, 0.25) is 0 Å². The van der Waals surface area contributed by atoms with Gasteiger partial charge in [-0.2, -0.15) is 0 Å². The molecule has 1 atom stereocenters. The van der Waals surface area contributed by atoms with E-state index in [1.165, 1.54) is 30.6 Å². The van der Waals surface area contributed by atoms with E-state index in [2.05, 4.69) is 22.0 Å². The third kappa shape index (κ3) is 4.31. The van der Waals surface area contributed by atoms with Crippen molar-refractivity contribution in [2.24, 2.45) is 5.92 Å². The van der Waals surface area contributed by atoms with Crippen LogP contribution in [0.25, 0.3) is 0 Å². The number of aliphatic hydroxyl groups is 1. The maximum Gasteiger partial charge on any atom is 0.0636 e. The number of rotatable bonds is 5. The zero-order chi connectivity index (χ0) is 12.1. The number of halogens is 1. The van der Waals surface area contributed by atoms with Crippen LogP contribution in [0.3, 0.4) is 0 Å². The molecule has 1 N–H and O–H groups in total. The van der Waals surface area contributed by atoms with Crippen LogP contribution < -0.4 is 0 Å². The molecule has 3 heteroatoms. The summed E-state index contributed by atoms with van der Waals surface area (Å²) < 4.78 is 1.12. The molecule has 0 amide bonds. The van der Waals surface area contributed by atoms with Crippen LogP contribution in [0.5, 0.6) is 0 Å². The second kappa shape index (κ2) is 6.81. The molecular weight excluding hydrogens is 296 g/mol. The largest absolute Gasteiger partial charge is 0.392 e. The highest BCUT2D eigenvalue weighted by Gasteiger charge is 2.18. The fraction of sp³-hybridized carbons (Fsp3) is 0.571. The van der Waals surface area contributed by atoms with Crippen molar-refractivity contribution in [3.63, 3.8) is 0 Å². The van der Waals surface area contributed by atoms with Crippen LogP contribution in [0.1, 0.15) is 32.1 Å². The minimum Gasteiger partial charge on any atom is -0.392 e. The lowest BCUT2D eigenvalue weighted by molar-refractivity contribution is 0.166. The number of benzene rings is 1. The molecule has 2 rings (SSSR count). The van der Waals surface area contributed by atoms with Crippen molar-refractivity contribution in [2.75, 3.05) is 5.75 Å². The van der Waals surface area contributed by atoms with Crippen LogP contribution in [-0.2, 0) is 0 Å². The van der Waals surface area contributed by atoms with Crippen LogP contribution in [0.2, 0.25) is 0 Å². The highest BCUT2D eigenvalue weighted by atomic mass is 79.9. The molecule has 1 aliphatic carbocycles. The average molecular weight is 315 g/mol. The fourth-order valence-electron chi connectivity index (χ4n) is 2.45. The van der Waals surface area contributed by atoms with Gasteiger partial charge in [-0.05, 0) is 40.4 Å². The summed E-state index contributed by atoms with van der Waals surface area (Å²) in [6, 6.07) is 8.20. The number of hydrogen-bond acceptors (Lipinski definition) is 2. The third-order valence-electron chi connectivity index (χ3n) is 3.35. The van der Waals surface area contributed by atoms with E-state index in [1.54, 1.807) is 11.8 Å². The zero-order valence-electron chi connectivity index (χ0n) is 9.94. The Labute approximate surface area is 116 Å². The van der Waals surface area contributed by atoms with Gasteiger partial charge in [0.25, 0.3) is 0 Å². The zero-order valence-corrected chi connectivity index (χ0v) is 12.3. The first-order chi connectivity index (χ1) is 8.25. The molecule has 1 aromatic carbocycles. The third-order valence-corrected chi connectivity index (χ3v) is 5.52. The van der Waals surface area contributed by atoms with Crippen molar-refractivity contribution in [1.82, 2.24) is 0 Å². The molecule has 0 spiro atoms. The van der Waals surface area contributed by atoms with E-state index in [9.17, 15) is 5.11 Å². The van der Waals surface area contributed by atoms with Gasteiger partial charge in [-0.25, -0.2) is 0 Å². The Hall–Kier alpha value is 0.01000. The minimum atomic E-state index is -0.157. The first-order valence-corrected chi connectivity index (χ1v) is 8.09. The summed E-state index contributed by atoms with van der Waals surface area (Å²) in [7, 11) is 0. The number of aliphatic hydroxyl groups excluding tert-OH is 1. The van der Waals surface area contributed by atoms with Gasteiger partial charge in [0, 0.05) is 15.1 Å². The average Bonchev–Trinajstić information content (AvgIpc) is 2.81. The van der Waals surface area contributed by atoms with Crippen LogP contribution in [0.15, 0.2) is 33.6 Å². The molecule has 0 bridgehead atoms. The maximum atomic E-state index is 10.0. The van der Waals surface area contributed by atoms with E-state index in [0.717, 1.165) is 22.6 Å². The Bertz CT molecular complexity index is 350. The van der Waals surface area contributed by atoms with E-state index in [-0.39, 0.29) is 6.10 Å². The summed E-state index contributed by atoms with van der Waals surface area (Å²) in [5, 5.41) is 10.0. The molecule has 1 aliphatic rings. The summed E-state index contributed by atoms with van der Waals surface area (Å²) in [6.45, 7) is 0. The van der Waals surface area contributed by atoms with Crippen LogP contribution >= 0.6 is 27.7 Å². The van der Waals surface area contributed by atoms with Gasteiger partial charge >= 0.3 is 0 Å². The van der Waals surface area contributed by atoms with Gasteiger partial charge < -0.3 is 5.11 Å². The molecule has 0 aliphatic heterocycles. The Morgan fingerprint density at radius 1 is 1.29 bits per heavy atom. The topological polar surface area (TPSA) is 20.2 Å². The molecule has 17 heavy (non-hydrogen) atoms. The fourth-order valence-corrected chi connectivity index (χ4v) is 3.96. The Morgan fingerprint density at radius 2 is 2.00 bits per heavy atom. The standard InChI is InChI=1S/C14H19BrOS/c15-13-7-3-4-8-14(13)17-10-12(16)9-11-5-1-2-6-11/h3-4,7-8,11-12,16H,1-2,5-6,9-10H2. The Morgan fingerprint density at radius 3 is 2.71 bits per heavy atom. The van der Waals surface area contributed by atoms with Crippen molar-refractivity contribution >= 4 is 27.7 Å². The molecule has 1 unspecified atom stereocenters. The Balaban J connectivity index is 1.75. The molecule has 1 saturated carbocycles. The van der Waals surface area contributed by atoms with E-state index in [4.69, 9.17) is 0 Å². The summed E-state index contributed by atoms with van der Waals surface area (Å²) >= 11 is 5.27. The second-order valence-corrected chi connectivity index (χ2v) is 6.70. The predicted octanol–water partition coefficient (Wildman–Crippen LogP) is 4.48. The van der Waals surface area contributed by atoms with Gasteiger partial charge in [-0.15, -0.1) is 11.8 Å². The lowest BCUT2D eigenvalue weighted by atomic mass is 10.0. The van der Waals surface area contributed by atoms with E-state index < -0.39 is 0 Å². The predicted molar refractivity (Wildman–Crippen MR) is 77.4 cm³/mol. The van der Waals surface area contributed by atoms with Crippen molar-refractivity contribution < 1.29 is 5.11 Å². The molecular formula is C14H19BrOS. The van der Waals surface area contributed by atoms with Gasteiger partial charge in [-0.3, -0.25) is 0 Å². The molecule has 0 saturated heterocycles. The highest BCUT2D eigenvalue weighted by molar-refractivity contribution is 9.10. The minimum absolute atomic E-state index is 0.157. The smallest absolute Gasteiger partial charge is 0.0636 e. The van der Waals surface area contributed by atoms with Gasteiger partial charge in [-0.1, -0.05) is 37.8 Å². The molecule has 0 aromatic heterocycles. The van der Waals surface area contributed by atoms with Crippen molar-refractivity contribution in [2.45, 2.75) is 43.1 Å². The number of hydrogen-bond donors (Lipinski definition) is 1. The summed E-state index contributed by atoms with van der Waals surface area (Å²) in [6.07, 6.45) is 6.17. The van der Waals surface area contributed by atoms with Crippen molar-refractivity contribution in [3.8, 4) is 0 Å². The molecule has 1 nitrogen and oxygen atoms in total. The summed E-state index contributed by atoms with van der Waals surface area (Å²) in [4.78, 5) is 1.22. The first-order valence-electron chi connectivity index (χ1n) is 6.31. The lowest BCUT2D eigenvalue weighted by Crippen LogP contribution is -2.14. The van der Waals surface area contributed by atoms with Crippen LogP contribution in [0.4, 0.5) is 0 Å². The van der Waals surface area contributed by atoms with E-state index in [0.29, 0.717) is 0 Å². The van der Waals surface area contributed by atoms with Gasteiger partial charge in [0.15, 0.2) is 0 Å². The Kier molecular flexibility index (Phi) is 5.39. The highest BCUT2D eigenvalue weighted by Crippen LogP contribution is 2.31. The SMILES string of the molecule is OC(CSc1ccccc1Br)CC1CCCC1.